The number of ether oxygens (including phenoxy) is 1. The summed E-state index contributed by atoms with van der Waals surface area (Å²) in [5, 5.41) is 0. The van der Waals surface area contributed by atoms with Gasteiger partial charge in [0, 0.05) is 24.4 Å². The molecule has 0 saturated carbocycles. The van der Waals surface area contributed by atoms with E-state index in [0.717, 1.165) is 60.5 Å². The van der Waals surface area contributed by atoms with Crippen molar-refractivity contribution in [2.45, 2.75) is 38.6 Å². The molecule has 0 radical (unpaired) electrons. The lowest BCUT2D eigenvalue weighted by molar-refractivity contribution is -0.130. The molecule has 5 heteroatoms. The maximum atomic E-state index is 13.3. The van der Waals surface area contributed by atoms with Gasteiger partial charge in [0.05, 0.1) is 24.8 Å². The average Bonchev–Trinajstić information content (AvgIpc) is 3.41. The number of methoxy groups -OCH3 is 1. The molecular formula is C26H27N3O2. The van der Waals surface area contributed by atoms with E-state index in [2.05, 4.69) is 34.1 Å². The normalized spacial score (nSPS) is 17.9. The lowest BCUT2D eigenvalue weighted by Crippen LogP contribution is -2.44. The third-order valence-corrected chi connectivity index (χ3v) is 6.39. The van der Waals surface area contributed by atoms with E-state index in [9.17, 15) is 4.79 Å². The van der Waals surface area contributed by atoms with Crippen molar-refractivity contribution < 1.29 is 9.53 Å². The van der Waals surface area contributed by atoms with Crippen LogP contribution in [-0.2, 0) is 17.6 Å². The van der Waals surface area contributed by atoms with E-state index in [1.54, 1.807) is 13.4 Å². The summed E-state index contributed by atoms with van der Waals surface area (Å²) in [5.74, 6) is 0.940. The van der Waals surface area contributed by atoms with Gasteiger partial charge in [0.1, 0.15) is 5.75 Å². The first-order valence-electron chi connectivity index (χ1n) is 10.9. The van der Waals surface area contributed by atoms with E-state index in [-0.39, 0.29) is 11.9 Å². The van der Waals surface area contributed by atoms with Crippen molar-refractivity contribution in [2.24, 2.45) is 0 Å². The molecule has 0 unspecified atom stereocenters. The highest BCUT2D eigenvalue weighted by atomic mass is 16.5. The minimum atomic E-state index is 0.178. The van der Waals surface area contributed by atoms with Gasteiger partial charge in [-0.1, -0.05) is 30.3 Å². The maximum Gasteiger partial charge on any atom is 0.250 e. The predicted octanol–water partition coefficient (Wildman–Crippen LogP) is 4.36. The van der Waals surface area contributed by atoms with E-state index in [1.807, 2.05) is 42.0 Å². The number of hydrogen-bond acceptors (Lipinski definition) is 3. The molecule has 2 aliphatic rings. The molecule has 2 aromatic carbocycles. The van der Waals surface area contributed by atoms with Crippen molar-refractivity contribution >= 4 is 12.0 Å². The molecule has 31 heavy (non-hydrogen) atoms. The number of fused-ring (bicyclic) bond motifs is 1. The van der Waals surface area contributed by atoms with Crippen LogP contribution in [0.5, 0.6) is 5.75 Å². The number of aromatic nitrogens is 2. The summed E-state index contributed by atoms with van der Waals surface area (Å²) < 4.78 is 7.59. The van der Waals surface area contributed by atoms with Crippen LogP contribution in [0.2, 0.25) is 0 Å². The number of carbonyl (C=O) groups is 1. The number of likely N-dealkylation sites (tertiary alicyclic amines) is 1. The van der Waals surface area contributed by atoms with Crippen molar-refractivity contribution in [2.75, 3.05) is 13.7 Å². The molecule has 1 aromatic heterocycles. The van der Waals surface area contributed by atoms with E-state index in [1.165, 1.54) is 11.1 Å². The summed E-state index contributed by atoms with van der Waals surface area (Å²) in [4.78, 5) is 19.7. The average molecular weight is 414 g/mol. The molecule has 0 bridgehead atoms. The van der Waals surface area contributed by atoms with Gasteiger partial charge in [0.2, 0.25) is 5.91 Å². The van der Waals surface area contributed by atoms with Crippen LogP contribution in [0.3, 0.4) is 0 Å². The zero-order chi connectivity index (χ0) is 21.4. The standard InChI is InChI=1S/C26H27N3O2/c1-18-16-28(17-27-18)24-10-9-19(13-25(24)31-2)12-22-8-5-11-29(26(22)30)23-14-20-6-3-4-7-21(20)15-23/h3-4,6-7,9-10,12-13,16-17,23H,5,8,11,14-15H2,1-2H3. The topological polar surface area (TPSA) is 47.4 Å². The number of imidazole rings is 1. The summed E-state index contributed by atoms with van der Waals surface area (Å²) in [6.45, 7) is 2.81. The Morgan fingerprint density at radius 2 is 1.90 bits per heavy atom. The van der Waals surface area contributed by atoms with Crippen LogP contribution in [-0.4, -0.2) is 40.1 Å². The highest BCUT2D eigenvalue weighted by Gasteiger charge is 2.33. The van der Waals surface area contributed by atoms with Crippen LogP contribution in [0.25, 0.3) is 11.8 Å². The number of rotatable bonds is 4. The first-order chi connectivity index (χ1) is 15.1. The first-order valence-corrected chi connectivity index (χ1v) is 10.9. The lowest BCUT2D eigenvalue weighted by Gasteiger charge is -2.33. The van der Waals surface area contributed by atoms with Gasteiger partial charge in [0.25, 0.3) is 0 Å². The summed E-state index contributed by atoms with van der Waals surface area (Å²) in [5.41, 5.74) is 6.52. The molecule has 0 atom stereocenters. The molecule has 5 nitrogen and oxygen atoms in total. The molecule has 0 N–H and O–H groups in total. The Morgan fingerprint density at radius 1 is 1.13 bits per heavy atom. The number of piperidine rings is 1. The van der Waals surface area contributed by atoms with Crippen LogP contribution in [0, 0.1) is 6.92 Å². The second-order valence-electron chi connectivity index (χ2n) is 8.46. The lowest BCUT2D eigenvalue weighted by atomic mass is 9.98. The van der Waals surface area contributed by atoms with E-state index in [0.29, 0.717) is 0 Å². The predicted molar refractivity (Wildman–Crippen MR) is 121 cm³/mol. The van der Waals surface area contributed by atoms with Crippen LogP contribution in [0.4, 0.5) is 0 Å². The molecule has 1 aliphatic heterocycles. The van der Waals surface area contributed by atoms with Gasteiger partial charge in [0.15, 0.2) is 0 Å². The number of hydrogen-bond donors (Lipinski definition) is 0. The molecule has 1 saturated heterocycles. The number of benzene rings is 2. The largest absolute Gasteiger partial charge is 0.495 e. The Balaban J connectivity index is 1.38. The van der Waals surface area contributed by atoms with Crippen LogP contribution >= 0.6 is 0 Å². The van der Waals surface area contributed by atoms with Crippen LogP contribution in [0.15, 0.2) is 60.6 Å². The van der Waals surface area contributed by atoms with Crippen molar-refractivity contribution in [3.8, 4) is 11.4 Å². The van der Waals surface area contributed by atoms with Crippen molar-refractivity contribution in [3.05, 3.63) is 82.9 Å². The second kappa shape index (κ2) is 8.06. The van der Waals surface area contributed by atoms with Crippen molar-refractivity contribution in [1.29, 1.82) is 0 Å². The Morgan fingerprint density at radius 3 is 2.58 bits per heavy atom. The Hall–Kier alpha value is -3.34. The van der Waals surface area contributed by atoms with Crippen LogP contribution in [0.1, 0.15) is 35.2 Å². The summed E-state index contributed by atoms with van der Waals surface area (Å²) in [7, 11) is 1.67. The monoisotopic (exact) mass is 413 g/mol. The van der Waals surface area contributed by atoms with Gasteiger partial charge in [-0.3, -0.25) is 4.79 Å². The zero-order valence-corrected chi connectivity index (χ0v) is 18.0. The Kier molecular flexibility index (Phi) is 5.10. The fourth-order valence-corrected chi connectivity index (χ4v) is 4.82. The molecule has 1 aliphatic carbocycles. The molecule has 0 spiro atoms. The molecular weight excluding hydrogens is 386 g/mol. The highest BCUT2D eigenvalue weighted by molar-refractivity contribution is 5.98. The number of carbonyl (C=O) groups excluding carboxylic acids is 1. The van der Waals surface area contributed by atoms with Crippen LogP contribution < -0.4 is 4.74 Å². The minimum absolute atomic E-state index is 0.178. The van der Waals surface area contributed by atoms with Crippen molar-refractivity contribution in [3.63, 3.8) is 0 Å². The second-order valence-corrected chi connectivity index (χ2v) is 8.46. The van der Waals surface area contributed by atoms with Crippen molar-refractivity contribution in [1.82, 2.24) is 14.5 Å². The van der Waals surface area contributed by atoms with Gasteiger partial charge in [-0.2, -0.15) is 0 Å². The molecule has 2 heterocycles. The SMILES string of the molecule is COc1cc(C=C2CCCN(C3Cc4ccccc4C3)C2=O)ccc1-n1cnc(C)c1. The Labute approximate surface area is 183 Å². The number of nitrogens with zero attached hydrogens (tertiary/aromatic N) is 3. The van der Waals surface area contributed by atoms with Gasteiger partial charge >= 0.3 is 0 Å². The highest BCUT2D eigenvalue weighted by Crippen LogP contribution is 2.31. The Bertz CT molecular complexity index is 1140. The van der Waals surface area contributed by atoms with E-state index >= 15 is 0 Å². The summed E-state index contributed by atoms with van der Waals surface area (Å²) in [6, 6.07) is 14.9. The maximum absolute atomic E-state index is 13.3. The molecule has 1 fully saturated rings. The van der Waals surface area contributed by atoms with Gasteiger partial charge in [-0.25, -0.2) is 4.98 Å². The molecule has 158 valence electrons. The van der Waals surface area contributed by atoms with Gasteiger partial charge < -0.3 is 14.2 Å². The number of amides is 1. The van der Waals surface area contributed by atoms with E-state index in [4.69, 9.17) is 4.74 Å². The third kappa shape index (κ3) is 3.76. The van der Waals surface area contributed by atoms with E-state index < -0.39 is 0 Å². The fraction of sp³-hybridized carbons (Fsp3) is 0.308. The molecule has 3 aromatic rings. The minimum Gasteiger partial charge on any atom is -0.495 e. The molecule has 5 rings (SSSR count). The number of aryl methyl sites for hydroxylation is 1. The summed E-state index contributed by atoms with van der Waals surface area (Å²) >= 11 is 0. The quantitative estimate of drug-likeness (QED) is 0.597. The smallest absolute Gasteiger partial charge is 0.250 e. The first kappa shape index (κ1) is 19.6. The molecule has 1 amide bonds. The van der Waals surface area contributed by atoms with Gasteiger partial charge in [-0.15, -0.1) is 0 Å². The fourth-order valence-electron chi connectivity index (χ4n) is 4.82. The van der Waals surface area contributed by atoms with Gasteiger partial charge in [-0.05, 0) is 67.5 Å². The zero-order valence-electron chi connectivity index (χ0n) is 18.0. The summed E-state index contributed by atoms with van der Waals surface area (Å²) in [6.07, 6.45) is 9.53. The third-order valence-electron chi connectivity index (χ3n) is 6.39.